The van der Waals surface area contributed by atoms with Gasteiger partial charge in [-0.1, -0.05) is 0 Å². The molecule has 0 unspecified atom stereocenters. The Hall–Kier alpha value is -2.63. The fourth-order valence-electron chi connectivity index (χ4n) is 2.72. The average molecular weight is 322 g/mol. The number of rotatable bonds is 2. The van der Waals surface area contributed by atoms with Crippen molar-refractivity contribution < 1.29 is 13.2 Å². The molecule has 1 saturated heterocycles. The van der Waals surface area contributed by atoms with Crippen molar-refractivity contribution in [1.82, 2.24) is 19.9 Å². The van der Waals surface area contributed by atoms with Crippen LogP contribution in [0.1, 0.15) is 36.0 Å². The van der Waals surface area contributed by atoms with E-state index in [0.717, 1.165) is 19.0 Å². The van der Waals surface area contributed by atoms with Crippen molar-refractivity contribution >= 4 is 5.82 Å². The first-order chi connectivity index (χ1) is 11.0. The standard InChI is InChI=1S/C14H13F3N6/c15-14(16,17)11-7-21-12(22-11)9-2-1-5-23(8-9)13-10(6-18)19-3-4-20-13/h3-4,7,9H,1-2,5,8H2,(H,21,22)/t9-/m1/s1. The molecule has 2 aromatic rings. The lowest BCUT2D eigenvalue weighted by Gasteiger charge is -2.32. The minimum absolute atomic E-state index is 0.173. The maximum atomic E-state index is 12.7. The lowest BCUT2D eigenvalue weighted by Crippen LogP contribution is -2.36. The van der Waals surface area contributed by atoms with Crippen LogP contribution >= 0.6 is 0 Å². The Labute approximate surface area is 130 Å². The van der Waals surface area contributed by atoms with Gasteiger partial charge in [-0.2, -0.15) is 18.4 Å². The van der Waals surface area contributed by atoms with Gasteiger partial charge in [0, 0.05) is 31.4 Å². The summed E-state index contributed by atoms with van der Waals surface area (Å²) in [5.74, 6) is 0.597. The summed E-state index contributed by atoms with van der Waals surface area (Å²) in [5, 5.41) is 9.10. The third-order valence-electron chi connectivity index (χ3n) is 3.79. The van der Waals surface area contributed by atoms with Crippen LogP contribution in [0.25, 0.3) is 0 Å². The van der Waals surface area contributed by atoms with E-state index in [0.29, 0.717) is 24.7 Å². The van der Waals surface area contributed by atoms with Gasteiger partial charge in [-0.3, -0.25) is 0 Å². The van der Waals surface area contributed by atoms with Crippen LogP contribution in [0.4, 0.5) is 19.0 Å². The number of piperidine rings is 1. The quantitative estimate of drug-likeness (QED) is 0.918. The number of nitrogens with zero attached hydrogens (tertiary/aromatic N) is 5. The smallest absolute Gasteiger partial charge is 0.353 e. The topological polar surface area (TPSA) is 81.5 Å². The fraction of sp³-hybridized carbons (Fsp3) is 0.429. The van der Waals surface area contributed by atoms with Crippen LogP contribution in [0.15, 0.2) is 18.6 Å². The normalized spacial score (nSPS) is 18.7. The van der Waals surface area contributed by atoms with E-state index in [4.69, 9.17) is 5.26 Å². The summed E-state index contributed by atoms with van der Waals surface area (Å²) in [7, 11) is 0. The average Bonchev–Trinajstić information content (AvgIpc) is 3.05. The van der Waals surface area contributed by atoms with Gasteiger partial charge in [0.2, 0.25) is 0 Å². The summed E-state index contributed by atoms with van der Waals surface area (Å²) in [6.07, 6.45) is 0.813. The number of nitrogens with one attached hydrogen (secondary N) is 1. The number of anilines is 1. The van der Waals surface area contributed by atoms with Crippen LogP contribution in [0.3, 0.4) is 0 Å². The van der Waals surface area contributed by atoms with Gasteiger partial charge < -0.3 is 9.88 Å². The maximum Gasteiger partial charge on any atom is 0.432 e. The molecular formula is C14H13F3N6. The molecule has 0 bridgehead atoms. The third kappa shape index (κ3) is 3.11. The number of hydrogen-bond acceptors (Lipinski definition) is 5. The summed E-state index contributed by atoms with van der Waals surface area (Å²) in [5.41, 5.74) is -0.634. The lowest BCUT2D eigenvalue weighted by atomic mass is 9.97. The van der Waals surface area contributed by atoms with Gasteiger partial charge in [-0.15, -0.1) is 0 Å². The minimum atomic E-state index is -4.43. The van der Waals surface area contributed by atoms with Gasteiger partial charge in [-0.05, 0) is 12.8 Å². The largest absolute Gasteiger partial charge is 0.432 e. The molecule has 3 rings (SSSR count). The molecule has 1 fully saturated rings. The van der Waals surface area contributed by atoms with Crippen molar-refractivity contribution in [3.8, 4) is 6.07 Å². The van der Waals surface area contributed by atoms with Crippen LogP contribution in [-0.4, -0.2) is 33.0 Å². The van der Waals surface area contributed by atoms with Gasteiger partial charge in [0.05, 0.1) is 6.20 Å². The number of hydrogen-bond donors (Lipinski definition) is 1. The van der Waals surface area contributed by atoms with Gasteiger partial charge in [0.15, 0.2) is 11.5 Å². The number of halogens is 3. The maximum absolute atomic E-state index is 12.7. The molecular weight excluding hydrogens is 309 g/mol. The summed E-state index contributed by atoms with van der Waals surface area (Å²) in [6.45, 7) is 1.12. The zero-order valence-corrected chi connectivity index (χ0v) is 12.0. The second-order valence-electron chi connectivity index (χ2n) is 5.31. The Balaban J connectivity index is 1.81. The summed E-state index contributed by atoms with van der Waals surface area (Å²) in [4.78, 5) is 16.2. The van der Waals surface area contributed by atoms with E-state index < -0.39 is 11.9 Å². The molecule has 0 aromatic carbocycles. The first kappa shape index (κ1) is 15.3. The first-order valence-corrected chi connectivity index (χ1v) is 7.07. The minimum Gasteiger partial charge on any atom is -0.353 e. The summed E-state index contributed by atoms with van der Waals surface area (Å²) < 4.78 is 38.0. The van der Waals surface area contributed by atoms with E-state index in [1.165, 1.54) is 12.4 Å². The molecule has 1 aliphatic heterocycles. The van der Waals surface area contributed by atoms with Gasteiger partial charge >= 0.3 is 6.18 Å². The Morgan fingerprint density at radius 1 is 1.26 bits per heavy atom. The van der Waals surface area contributed by atoms with E-state index in [9.17, 15) is 13.2 Å². The van der Waals surface area contributed by atoms with Crippen LogP contribution in [0.2, 0.25) is 0 Å². The molecule has 0 amide bonds. The molecule has 0 aliphatic carbocycles. The highest BCUT2D eigenvalue weighted by Crippen LogP contribution is 2.32. The summed E-state index contributed by atoms with van der Waals surface area (Å²) in [6, 6.07) is 1.98. The second kappa shape index (κ2) is 5.87. The molecule has 3 heterocycles. The zero-order chi connectivity index (χ0) is 16.4. The SMILES string of the molecule is N#Cc1nccnc1N1CCC[C@@H](c2ncc(C(F)(F)F)[nH]2)C1. The van der Waals surface area contributed by atoms with E-state index in [1.807, 2.05) is 11.0 Å². The van der Waals surface area contributed by atoms with E-state index in [-0.39, 0.29) is 11.6 Å². The Morgan fingerprint density at radius 3 is 2.74 bits per heavy atom. The number of aromatic amines is 1. The number of nitriles is 1. The molecule has 1 atom stereocenters. The Bertz CT molecular complexity index is 733. The molecule has 2 aromatic heterocycles. The number of alkyl halides is 3. The van der Waals surface area contributed by atoms with Crippen LogP contribution in [-0.2, 0) is 6.18 Å². The molecule has 23 heavy (non-hydrogen) atoms. The van der Waals surface area contributed by atoms with Crippen molar-refractivity contribution in [2.75, 3.05) is 18.0 Å². The number of H-pyrrole nitrogens is 1. The molecule has 6 nitrogen and oxygen atoms in total. The highest BCUT2D eigenvalue weighted by molar-refractivity contribution is 5.50. The molecule has 120 valence electrons. The highest BCUT2D eigenvalue weighted by atomic mass is 19.4. The first-order valence-electron chi connectivity index (χ1n) is 7.07. The van der Waals surface area contributed by atoms with Crippen LogP contribution in [0, 0.1) is 11.3 Å². The van der Waals surface area contributed by atoms with E-state index in [2.05, 4.69) is 19.9 Å². The summed E-state index contributed by atoms with van der Waals surface area (Å²) >= 11 is 0. The fourth-order valence-corrected chi connectivity index (χ4v) is 2.72. The van der Waals surface area contributed by atoms with E-state index >= 15 is 0 Å². The van der Waals surface area contributed by atoms with Crippen molar-refractivity contribution in [2.24, 2.45) is 0 Å². The number of imidazole rings is 1. The monoisotopic (exact) mass is 322 g/mol. The molecule has 0 radical (unpaired) electrons. The molecule has 1 aliphatic rings. The Kier molecular flexibility index (Phi) is 3.90. The second-order valence-corrected chi connectivity index (χ2v) is 5.31. The lowest BCUT2D eigenvalue weighted by molar-refractivity contribution is -0.141. The van der Waals surface area contributed by atoms with Crippen molar-refractivity contribution in [3.63, 3.8) is 0 Å². The number of aromatic nitrogens is 4. The molecule has 1 N–H and O–H groups in total. The molecule has 0 spiro atoms. The van der Waals surface area contributed by atoms with Gasteiger partial charge in [0.1, 0.15) is 17.6 Å². The molecule has 0 saturated carbocycles. The van der Waals surface area contributed by atoms with Crippen LogP contribution < -0.4 is 4.90 Å². The van der Waals surface area contributed by atoms with Crippen molar-refractivity contribution in [1.29, 1.82) is 5.26 Å². The van der Waals surface area contributed by atoms with Crippen molar-refractivity contribution in [2.45, 2.75) is 24.9 Å². The van der Waals surface area contributed by atoms with E-state index in [1.54, 1.807) is 0 Å². The Morgan fingerprint density at radius 2 is 2.04 bits per heavy atom. The zero-order valence-electron chi connectivity index (χ0n) is 12.0. The van der Waals surface area contributed by atoms with Gasteiger partial charge in [0.25, 0.3) is 0 Å². The highest BCUT2D eigenvalue weighted by Gasteiger charge is 2.34. The molecule has 9 heteroatoms. The predicted octanol–water partition coefficient (Wildman–Crippen LogP) is 2.47. The van der Waals surface area contributed by atoms with Crippen LogP contribution in [0.5, 0.6) is 0 Å². The van der Waals surface area contributed by atoms with Crippen molar-refractivity contribution in [3.05, 3.63) is 35.8 Å². The third-order valence-corrected chi connectivity index (χ3v) is 3.79. The predicted molar refractivity (Wildman–Crippen MR) is 74.5 cm³/mol. The van der Waals surface area contributed by atoms with Gasteiger partial charge in [-0.25, -0.2) is 15.0 Å².